The standard InChI is InChI=1S/C19H15F3N2O2/c1-26-18(25)15-4-2-3-13(11-15)12-24-10-9-23-17(24)14-5-7-16(8-6-14)19(20,21)22/h2-11H,12H2,1H3. The Bertz CT molecular complexity index is 915. The SMILES string of the molecule is COC(=O)c1cccc(Cn2ccnc2-c2ccc(C(F)(F)F)cc2)c1. The Hall–Kier alpha value is -3.09. The Morgan fingerprint density at radius 1 is 1.15 bits per heavy atom. The van der Waals surface area contributed by atoms with Gasteiger partial charge in [0.15, 0.2) is 0 Å². The van der Waals surface area contributed by atoms with E-state index in [1.807, 2.05) is 6.07 Å². The summed E-state index contributed by atoms with van der Waals surface area (Å²) in [6.45, 7) is 0.418. The molecule has 1 heterocycles. The van der Waals surface area contributed by atoms with Crippen LogP contribution in [-0.2, 0) is 17.5 Å². The van der Waals surface area contributed by atoms with Crippen molar-refractivity contribution in [2.45, 2.75) is 12.7 Å². The molecule has 0 saturated carbocycles. The van der Waals surface area contributed by atoms with E-state index in [9.17, 15) is 18.0 Å². The molecule has 0 radical (unpaired) electrons. The van der Waals surface area contributed by atoms with Crippen molar-refractivity contribution in [2.75, 3.05) is 7.11 Å². The Morgan fingerprint density at radius 3 is 2.54 bits per heavy atom. The fourth-order valence-corrected chi connectivity index (χ4v) is 2.62. The second-order valence-electron chi connectivity index (χ2n) is 5.65. The highest BCUT2D eigenvalue weighted by Gasteiger charge is 2.30. The number of nitrogens with zero attached hydrogens (tertiary/aromatic N) is 2. The van der Waals surface area contributed by atoms with Crippen molar-refractivity contribution >= 4 is 5.97 Å². The van der Waals surface area contributed by atoms with E-state index in [4.69, 9.17) is 4.74 Å². The van der Waals surface area contributed by atoms with Crippen molar-refractivity contribution in [1.29, 1.82) is 0 Å². The van der Waals surface area contributed by atoms with E-state index in [2.05, 4.69) is 4.98 Å². The summed E-state index contributed by atoms with van der Waals surface area (Å²) in [4.78, 5) is 15.9. The highest BCUT2D eigenvalue weighted by atomic mass is 19.4. The number of imidazole rings is 1. The van der Waals surface area contributed by atoms with Crippen LogP contribution in [0.5, 0.6) is 0 Å². The number of benzene rings is 2. The van der Waals surface area contributed by atoms with E-state index in [0.717, 1.165) is 17.7 Å². The summed E-state index contributed by atoms with van der Waals surface area (Å²) in [6, 6.07) is 11.8. The van der Waals surface area contributed by atoms with Gasteiger partial charge in [0.2, 0.25) is 0 Å². The summed E-state index contributed by atoms with van der Waals surface area (Å²) in [5, 5.41) is 0. The lowest BCUT2D eigenvalue weighted by Gasteiger charge is -2.11. The monoisotopic (exact) mass is 360 g/mol. The molecule has 0 spiro atoms. The van der Waals surface area contributed by atoms with E-state index in [-0.39, 0.29) is 0 Å². The molecule has 7 heteroatoms. The van der Waals surface area contributed by atoms with Gasteiger partial charge in [0.05, 0.1) is 18.2 Å². The topological polar surface area (TPSA) is 44.1 Å². The molecule has 3 rings (SSSR count). The van der Waals surface area contributed by atoms with Crippen LogP contribution in [0, 0.1) is 0 Å². The molecule has 134 valence electrons. The minimum absolute atomic E-state index is 0.418. The van der Waals surface area contributed by atoms with Crippen molar-refractivity contribution in [3.63, 3.8) is 0 Å². The molecule has 3 aromatic rings. The number of hydrogen-bond acceptors (Lipinski definition) is 3. The van der Waals surface area contributed by atoms with E-state index >= 15 is 0 Å². The molecule has 0 fully saturated rings. The number of aromatic nitrogens is 2. The number of carbonyl (C=O) groups is 1. The molecule has 0 aliphatic carbocycles. The first-order chi connectivity index (χ1) is 12.4. The van der Waals surface area contributed by atoms with Crippen molar-refractivity contribution in [3.8, 4) is 11.4 Å². The number of esters is 1. The van der Waals surface area contributed by atoms with Crippen LogP contribution in [0.4, 0.5) is 13.2 Å². The Labute approximate surface area is 147 Å². The summed E-state index contributed by atoms with van der Waals surface area (Å²) in [5.74, 6) is 0.114. The normalized spacial score (nSPS) is 11.4. The van der Waals surface area contributed by atoms with Crippen LogP contribution >= 0.6 is 0 Å². The molecular weight excluding hydrogens is 345 g/mol. The van der Waals surface area contributed by atoms with Crippen LogP contribution in [0.15, 0.2) is 60.9 Å². The van der Waals surface area contributed by atoms with Gasteiger partial charge in [-0.15, -0.1) is 0 Å². The largest absolute Gasteiger partial charge is 0.465 e. The minimum Gasteiger partial charge on any atom is -0.465 e. The quantitative estimate of drug-likeness (QED) is 0.648. The first kappa shape index (κ1) is 17.7. The lowest BCUT2D eigenvalue weighted by atomic mass is 10.1. The zero-order valence-electron chi connectivity index (χ0n) is 13.8. The summed E-state index contributed by atoms with van der Waals surface area (Å²) < 4.78 is 44.6. The number of hydrogen-bond donors (Lipinski definition) is 0. The lowest BCUT2D eigenvalue weighted by molar-refractivity contribution is -0.137. The van der Waals surface area contributed by atoms with Crippen molar-refractivity contribution < 1.29 is 22.7 Å². The average Bonchev–Trinajstić information content (AvgIpc) is 3.08. The van der Waals surface area contributed by atoms with Gasteiger partial charge in [0, 0.05) is 24.5 Å². The number of rotatable bonds is 4. The van der Waals surface area contributed by atoms with Crippen LogP contribution in [0.2, 0.25) is 0 Å². The fourth-order valence-electron chi connectivity index (χ4n) is 2.62. The Kier molecular flexibility index (Phi) is 4.79. The molecule has 0 N–H and O–H groups in total. The third-order valence-electron chi connectivity index (χ3n) is 3.89. The number of alkyl halides is 3. The summed E-state index contributed by atoms with van der Waals surface area (Å²) >= 11 is 0. The third-order valence-corrected chi connectivity index (χ3v) is 3.89. The molecule has 0 bridgehead atoms. The van der Waals surface area contributed by atoms with E-state index in [0.29, 0.717) is 23.5 Å². The van der Waals surface area contributed by atoms with Gasteiger partial charge in [-0.05, 0) is 29.8 Å². The molecular formula is C19H15F3N2O2. The van der Waals surface area contributed by atoms with Gasteiger partial charge in [0.1, 0.15) is 5.82 Å². The van der Waals surface area contributed by atoms with Crippen LogP contribution in [-0.4, -0.2) is 22.6 Å². The van der Waals surface area contributed by atoms with Gasteiger partial charge in [-0.2, -0.15) is 13.2 Å². The van der Waals surface area contributed by atoms with Crippen LogP contribution in [0.25, 0.3) is 11.4 Å². The van der Waals surface area contributed by atoms with E-state index in [1.54, 1.807) is 35.2 Å². The van der Waals surface area contributed by atoms with Crippen LogP contribution in [0.3, 0.4) is 0 Å². The Balaban J connectivity index is 1.86. The van der Waals surface area contributed by atoms with Gasteiger partial charge in [-0.1, -0.05) is 24.3 Å². The second kappa shape index (κ2) is 7.03. The molecule has 0 saturated heterocycles. The van der Waals surface area contributed by atoms with Crippen molar-refractivity contribution in [2.24, 2.45) is 0 Å². The molecule has 0 unspecified atom stereocenters. The molecule has 2 aromatic carbocycles. The van der Waals surface area contributed by atoms with Crippen molar-refractivity contribution in [1.82, 2.24) is 9.55 Å². The molecule has 0 aliphatic heterocycles. The summed E-state index contributed by atoms with van der Waals surface area (Å²) in [7, 11) is 1.31. The first-order valence-corrected chi connectivity index (χ1v) is 7.74. The molecule has 26 heavy (non-hydrogen) atoms. The zero-order valence-corrected chi connectivity index (χ0v) is 13.8. The summed E-state index contributed by atoms with van der Waals surface area (Å²) in [5.41, 5.74) is 1.15. The zero-order chi connectivity index (χ0) is 18.7. The fraction of sp³-hybridized carbons (Fsp3) is 0.158. The van der Waals surface area contributed by atoms with Gasteiger partial charge in [0.25, 0.3) is 0 Å². The predicted octanol–water partition coefficient (Wildman–Crippen LogP) is 4.40. The molecule has 4 nitrogen and oxygen atoms in total. The maximum atomic E-state index is 12.7. The number of halogens is 3. The van der Waals surface area contributed by atoms with Gasteiger partial charge >= 0.3 is 12.1 Å². The van der Waals surface area contributed by atoms with Gasteiger partial charge in [-0.25, -0.2) is 9.78 Å². The molecule has 0 amide bonds. The van der Waals surface area contributed by atoms with Crippen LogP contribution < -0.4 is 0 Å². The Morgan fingerprint density at radius 2 is 1.88 bits per heavy atom. The first-order valence-electron chi connectivity index (χ1n) is 7.74. The van der Waals surface area contributed by atoms with E-state index < -0.39 is 17.7 Å². The molecule has 0 atom stereocenters. The average molecular weight is 360 g/mol. The highest BCUT2D eigenvalue weighted by molar-refractivity contribution is 5.89. The highest BCUT2D eigenvalue weighted by Crippen LogP contribution is 2.30. The lowest BCUT2D eigenvalue weighted by Crippen LogP contribution is -2.06. The smallest absolute Gasteiger partial charge is 0.416 e. The summed E-state index contributed by atoms with van der Waals surface area (Å²) in [6.07, 6.45) is -1.06. The number of ether oxygens (including phenoxy) is 1. The maximum absolute atomic E-state index is 12.7. The minimum atomic E-state index is -4.37. The number of carbonyl (C=O) groups excluding carboxylic acids is 1. The van der Waals surface area contributed by atoms with Gasteiger partial charge in [-0.3, -0.25) is 0 Å². The number of methoxy groups -OCH3 is 1. The molecule has 1 aromatic heterocycles. The predicted molar refractivity (Wildman–Crippen MR) is 89.5 cm³/mol. The van der Waals surface area contributed by atoms with Crippen molar-refractivity contribution in [3.05, 3.63) is 77.6 Å². The van der Waals surface area contributed by atoms with Crippen LogP contribution in [0.1, 0.15) is 21.5 Å². The van der Waals surface area contributed by atoms with Gasteiger partial charge < -0.3 is 9.30 Å². The molecule has 0 aliphatic rings. The maximum Gasteiger partial charge on any atom is 0.416 e. The second-order valence-corrected chi connectivity index (χ2v) is 5.65. The van der Waals surface area contributed by atoms with E-state index in [1.165, 1.54) is 19.2 Å². The third kappa shape index (κ3) is 3.77.